The molecule has 5 heteroatoms. The Hall–Kier alpha value is -1.78. The van der Waals surface area contributed by atoms with E-state index in [9.17, 15) is 0 Å². The Kier molecular flexibility index (Phi) is 8.45. The topological polar surface area (TPSA) is 52.6 Å². The van der Waals surface area contributed by atoms with E-state index in [-0.39, 0.29) is 0 Å². The summed E-state index contributed by atoms with van der Waals surface area (Å²) in [6.45, 7) is 10.3. The van der Waals surface area contributed by atoms with Crippen molar-refractivity contribution >= 4 is 11.8 Å². The van der Waals surface area contributed by atoms with E-state index in [4.69, 9.17) is 4.99 Å². The predicted molar refractivity (Wildman–Crippen MR) is 100 cm³/mol. The van der Waals surface area contributed by atoms with E-state index < -0.39 is 0 Å². The van der Waals surface area contributed by atoms with E-state index in [1.807, 2.05) is 31.3 Å². The van der Waals surface area contributed by atoms with Crippen LogP contribution in [-0.4, -0.2) is 37.6 Å². The van der Waals surface area contributed by atoms with Gasteiger partial charge in [-0.3, -0.25) is 0 Å². The van der Waals surface area contributed by atoms with Crippen LogP contribution < -0.4 is 15.5 Å². The normalized spacial score (nSPS) is 13.1. The van der Waals surface area contributed by atoms with Gasteiger partial charge in [0.1, 0.15) is 5.82 Å². The van der Waals surface area contributed by atoms with E-state index in [0.717, 1.165) is 36.2 Å². The van der Waals surface area contributed by atoms with Crippen molar-refractivity contribution in [3.05, 3.63) is 23.9 Å². The first-order chi connectivity index (χ1) is 10.9. The molecule has 1 unspecified atom stereocenters. The molecule has 1 aromatic rings. The predicted octanol–water partition coefficient (Wildman–Crippen LogP) is 3.03. The van der Waals surface area contributed by atoms with Crippen molar-refractivity contribution in [2.45, 2.75) is 53.1 Å². The summed E-state index contributed by atoms with van der Waals surface area (Å²) >= 11 is 0. The van der Waals surface area contributed by atoms with Crippen molar-refractivity contribution in [1.29, 1.82) is 0 Å². The smallest absolute Gasteiger partial charge is 0.191 e. The van der Waals surface area contributed by atoms with Gasteiger partial charge in [0.25, 0.3) is 0 Å². The zero-order valence-corrected chi connectivity index (χ0v) is 15.6. The van der Waals surface area contributed by atoms with E-state index in [2.05, 4.69) is 49.4 Å². The molecule has 0 aromatic carbocycles. The van der Waals surface area contributed by atoms with E-state index in [1.165, 1.54) is 6.42 Å². The molecule has 0 amide bonds. The van der Waals surface area contributed by atoms with Crippen LogP contribution in [0.2, 0.25) is 0 Å². The number of nitrogens with zero attached hydrogens (tertiary/aromatic N) is 3. The molecule has 1 atom stereocenters. The Morgan fingerprint density at radius 2 is 2.00 bits per heavy atom. The Bertz CT molecular complexity index is 482. The lowest BCUT2D eigenvalue weighted by Gasteiger charge is -2.18. The molecule has 0 spiro atoms. The molecule has 0 saturated heterocycles. The van der Waals surface area contributed by atoms with Crippen LogP contribution in [0.4, 0.5) is 5.82 Å². The van der Waals surface area contributed by atoms with Crippen molar-refractivity contribution in [1.82, 2.24) is 15.6 Å². The van der Waals surface area contributed by atoms with Crippen molar-refractivity contribution in [2.75, 3.05) is 25.5 Å². The molecule has 5 nitrogen and oxygen atoms in total. The highest BCUT2D eigenvalue weighted by Crippen LogP contribution is 2.10. The summed E-state index contributed by atoms with van der Waals surface area (Å²) in [5.74, 6) is 2.58. The van der Waals surface area contributed by atoms with Crippen molar-refractivity contribution in [2.24, 2.45) is 10.9 Å². The average Bonchev–Trinajstić information content (AvgIpc) is 2.51. The van der Waals surface area contributed by atoms with Crippen LogP contribution in [0.15, 0.2) is 23.3 Å². The molecule has 1 aromatic heterocycles. The zero-order valence-electron chi connectivity index (χ0n) is 15.6. The molecule has 23 heavy (non-hydrogen) atoms. The van der Waals surface area contributed by atoms with Gasteiger partial charge in [0.15, 0.2) is 5.96 Å². The van der Waals surface area contributed by atoms with Gasteiger partial charge in [-0.05, 0) is 50.3 Å². The molecule has 0 aliphatic heterocycles. The summed E-state index contributed by atoms with van der Waals surface area (Å²) in [6.07, 6.45) is 4.22. The SMILES string of the molecule is CCNC(=NCc1ccnc(N(C)C)c1)NC(C)CCC(C)C. The van der Waals surface area contributed by atoms with Gasteiger partial charge in [-0.15, -0.1) is 0 Å². The molecule has 0 aliphatic rings. The standard InChI is InChI=1S/C18H33N5/c1-7-19-18(22-15(4)9-8-14(2)3)21-13-16-10-11-20-17(12-16)23(5)6/h10-12,14-15H,7-9,13H2,1-6H3,(H2,19,21,22). The maximum absolute atomic E-state index is 4.70. The molecule has 0 saturated carbocycles. The molecule has 0 radical (unpaired) electrons. The van der Waals surface area contributed by atoms with Crippen LogP contribution in [0.5, 0.6) is 0 Å². The van der Waals surface area contributed by atoms with Gasteiger partial charge in [-0.1, -0.05) is 13.8 Å². The number of pyridine rings is 1. The number of aromatic nitrogens is 1. The number of guanidine groups is 1. The lowest BCUT2D eigenvalue weighted by Crippen LogP contribution is -2.42. The van der Waals surface area contributed by atoms with Crippen molar-refractivity contribution < 1.29 is 0 Å². The first-order valence-electron chi connectivity index (χ1n) is 8.59. The van der Waals surface area contributed by atoms with Gasteiger partial charge >= 0.3 is 0 Å². The molecule has 1 rings (SSSR count). The maximum Gasteiger partial charge on any atom is 0.191 e. The minimum Gasteiger partial charge on any atom is -0.363 e. The maximum atomic E-state index is 4.70. The van der Waals surface area contributed by atoms with E-state index in [0.29, 0.717) is 12.6 Å². The molecule has 0 bridgehead atoms. The molecule has 0 aliphatic carbocycles. The molecule has 0 fully saturated rings. The van der Waals surface area contributed by atoms with E-state index in [1.54, 1.807) is 0 Å². The van der Waals surface area contributed by atoms with Crippen LogP contribution in [0, 0.1) is 5.92 Å². The fourth-order valence-electron chi connectivity index (χ4n) is 2.18. The zero-order chi connectivity index (χ0) is 17.2. The summed E-state index contributed by atoms with van der Waals surface area (Å²) in [4.78, 5) is 11.0. The highest BCUT2D eigenvalue weighted by molar-refractivity contribution is 5.80. The largest absolute Gasteiger partial charge is 0.363 e. The lowest BCUT2D eigenvalue weighted by molar-refractivity contribution is 0.489. The summed E-state index contributed by atoms with van der Waals surface area (Å²) in [6, 6.07) is 4.52. The molecule has 130 valence electrons. The van der Waals surface area contributed by atoms with E-state index >= 15 is 0 Å². The third-order valence-electron chi connectivity index (χ3n) is 3.59. The van der Waals surface area contributed by atoms with Crippen LogP contribution in [0.25, 0.3) is 0 Å². The second kappa shape index (κ2) is 10.1. The summed E-state index contributed by atoms with van der Waals surface area (Å²) in [7, 11) is 3.99. The van der Waals surface area contributed by atoms with Gasteiger partial charge in [0.2, 0.25) is 0 Å². The fraction of sp³-hybridized carbons (Fsp3) is 0.667. The quantitative estimate of drug-likeness (QED) is 0.571. The Balaban J connectivity index is 2.65. The van der Waals surface area contributed by atoms with Gasteiger partial charge in [-0.2, -0.15) is 0 Å². The molecular formula is C18H33N5. The summed E-state index contributed by atoms with van der Waals surface area (Å²) < 4.78 is 0. The van der Waals surface area contributed by atoms with Crippen LogP contribution in [-0.2, 0) is 6.54 Å². The van der Waals surface area contributed by atoms with Crippen molar-refractivity contribution in [3.8, 4) is 0 Å². The van der Waals surface area contributed by atoms with Gasteiger partial charge in [0, 0.05) is 32.9 Å². The minimum absolute atomic E-state index is 0.421. The summed E-state index contributed by atoms with van der Waals surface area (Å²) in [5, 5.41) is 6.82. The Morgan fingerprint density at radius 3 is 2.61 bits per heavy atom. The van der Waals surface area contributed by atoms with Gasteiger partial charge in [-0.25, -0.2) is 9.98 Å². The van der Waals surface area contributed by atoms with Crippen molar-refractivity contribution in [3.63, 3.8) is 0 Å². The molecule has 1 heterocycles. The number of hydrogen-bond donors (Lipinski definition) is 2. The first-order valence-corrected chi connectivity index (χ1v) is 8.59. The number of hydrogen-bond acceptors (Lipinski definition) is 3. The highest BCUT2D eigenvalue weighted by Gasteiger charge is 2.06. The van der Waals surface area contributed by atoms with Crippen LogP contribution >= 0.6 is 0 Å². The Morgan fingerprint density at radius 1 is 1.26 bits per heavy atom. The molecule has 2 N–H and O–H groups in total. The number of rotatable bonds is 8. The second-order valence-electron chi connectivity index (χ2n) is 6.63. The molecular weight excluding hydrogens is 286 g/mol. The second-order valence-corrected chi connectivity index (χ2v) is 6.63. The van der Waals surface area contributed by atoms with Crippen LogP contribution in [0.3, 0.4) is 0 Å². The lowest BCUT2D eigenvalue weighted by atomic mass is 10.0. The Labute approximate surface area is 141 Å². The van der Waals surface area contributed by atoms with Gasteiger partial charge < -0.3 is 15.5 Å². The fourth-order valence-corrected chi connectivity index (χ4v) is 2.18. The average molecular weight is 319 g/mol. The first kappa shape index (κ1) is 19.3. The number of nitrogens with one attached hydrogen (secondary N) is 2. The summed E-state index contributed by atoms with van der Waals surface area (Å²) in [5.41, 5.74) is 1.16. The van der Waals surface area contributed by atoms with Gasteiger partial charge in [0.05, 0.1) is 6.54 Å². The monoisotopic (exact) mass is 319 g/mol. The number of anilines is 1. The van der Waals surface area contributed by atoms with Crippen LogP contribution in [0.1, 0.15) is 46.1 Å². The minimum atomic E-state index is 0.421. The number of aliphatic imine (C=N–C) groups is 1. The highest BCUT2D eigenvalue weighted by atomic mass is 15.2. The third-order valence-corrected chi connectivity index (χ3v) is 3.59. The third kappa shape index (κ3) is 7.86.